The first-order valence-electron chi connectivity index (χ1n) is 14.3. The monoisotopic (exact) mass is 560 g/mol. The number of piperidine rings is 1. The van der Waals surface area contributed by atoms with Crippen molar-refractivity contribution < 1.29 is 14.6 Å². The van der Waals surface area contributed by atoms with Crippen molar-refractivity contribution in [2.75, 3.05) is 51.0 Å². The number of nitrogens with zero attached hydrogens (tertiary/aromatic N) is 1. The van der Waals surface area contributed by atoms with Crippen LogP contribution in [0.2, 0.25) is 0 Å². The van der Waals surface area contributed by atoms with Gasteiger partial charge in [-0.15, -0.1) is 11.3 Å². The number of hydrogen-bond donors (Lipinski definition) is 4. The van der Waals surface area contributed by atoms with Crippen LogP contribution in [0.5, 0.6) is 5.75 Å². The summed E-state index contributed by atoms with van der Waals surface area (Å²) in [6.07, 6.45) is 5.58. The van der Waals surface area contributed by atoms with Gasteiger partial charge < -0.3 is 30.7 Å². The molecule has 1 aromatic heterocycles. The van der Waals surface area contributed by atoms with Crippen molar-refractivity contribution in [2.45, 2.75) is 51.2 Å². The smallest absolute Gasteiger partial charge is 0.251 e. The first-order chi connectivity index (χ1) is 19.4. The molecular weight excluding hydrogens is 520 g/mol. The largest absolute Gasteiger partial charge is 0.495 e. The number of hydrogen-bond acceptors (Lipinski definition) is 7. The maximum atomic E-state index is 12.0. The maximum absolute atomic E-state index is 12.0. The van der Waals surface area contributed by atoms with E-state index in [4.69, 9.17) is 4.74 Å². The van der Waals surface area contributed by atoms with Gasteiger partial charge in [-0.2, -0.15) is 0 Å². The Morgan fingerprint density at radius 1 is 1.18 bits per heavy atom. The summed E-state index contributed by atoms with van der Waals surface area (Å²) in [6.45, 7) is 5.11. The third-order valence-electron chi connectivity index (χ3n) is 7.74. The molecule has 1 aliphatic carbocycles. The first kappa shape index (κ1) is 28.3. The van der Waals surface area contributed by atoms with E-state index in [1.807, 2.05) is 13.0 Å². The lowest BCUT2D eigenvalue weighted by Gasteiger charge is -2.33. The molecule has 0 radical (unpaired) electrons. The second-order valence-electron chi connectivity index (χ2n) is 11.0. The van der Waals surface area contributed by atoms with Gasteiger partial charge in [0.2, 0.25) is 0 Å². The molecule has 3 aromatic rings. The summed E-state index contributed by atoms with van der Waals surface area (Å²) in [5, 5.41) is 20.9. The van der Waals surface area contributed by atoms with Crippen molar-refractivity contribution in [3.63, 3.8) is 0 Å². The highest BCUT2D eigenvalue weighted by Crippen LogP contribution is 2.41. The molecule has 1 atom stereocenters. The minimum Gasteiger partial charge on any atom is -0.495 e. The molecule has 8 heteroatoms. The van der Waals surface area contributed by atoms with Crippen LogP contribution in [0.4, 0.5) is 11.4 Å². The second-order valence-corrected chi connectivity index (χ2v) is 12.0. The van der Waals surface area contributed by atoms with Crippen molar-refractivity contribution in [2.24, 2.45) is 5.92 Å². The lowest BCUT2D eigenvalue weighted by atomic mass is 10.0. The van der Waals surface area contributed by atoms with Gasteiger partial charge in [-0.25, -0.2) is 0 Å². The van der Waals surface area contributed by atoms with E-state index in [-0.39, 0.29) is 12.0 Å². The molecule has 4 N–H and O–H groups in total. The molecule has 5 rings (SSSR count). The number of anilines is 2. The molecule has 40 heavy (non-hydrogen) atoms. The second kappa shape index (κ2) is 12.9. The third kappa shape index (κ3) is 6.90. The van der Waals surface area contributed by atoms with Crippen LogP contribution in [0.25, 0.3) is 10.1 Å². The minimum atomic E-state index is -0.277. The maximum Gasteiger partial charge on any atom is 0.251 e. The highest BCUT2D eigenvalue weighted by Gasteiger charge is 2.26. The van der Waals surface area contributed by atoms with Crippen LogP contribution in [0.15, 0.2) is 36.4 Å². The van der Waals surface area contributed by atoms with Crippen molar-refractivity contribution in [3.8, 4) is 17.6 Å². The quantitative estimate of drug-likeness (QED) is 0.263. The number of aliphatic hydroxyl groups is 1. The summed E-state index contributed by atoms with van der Waals surface area (Å²) in [5.41, 5.74) is 3.96. The normalized spacial score (nSPS) is 16.7. The van der Waals surface area contributed by atoms with Crippen molar-refractivity contribution >= 4 is 38.7 Å². The minimum absolute atomic E-state index is 0.145. The highest BCUT2D eigenvalue weighted by molar-refractivity contribution is 7.20. The molecule has 1 unspecified atom stereocenters. The van der Waals surface area contributed by atoms with Crippen LogP contribution in [-0.4, -0.2) is 68.4 Å². The zero-order chi connectivity index (χ0) is 28.1. The number of carbonyl (C=O) groups is 1. The number of rotatable bonds is 10. The van der Waals surface area contributed by atoms with E-state index in [0.717, 1.165) is 55.4 Å². The average molecular weight is 561 g/mol. The van der Waals surface area contributed by atoms with Gasteiger partial charge in [0.1, 0.15) is 5.75 Å². The Labute approximate surface area is 241 Å². The number of carbonyl (C=O) groups excluding carboxylic acids is 1. The Hall–Kier alpha value is -3.25. The zero-order valence-electron chi connectivity index (χ0n) is 23.7. The molecule has 0 spiro atoms. The standard InChI is InChI=1S/C32H40N4O3S/c1-21(37)20-36-16-13-24(14-17-36)35-28-7-4-6-25-26(18-22-9-10-22)30(40-31(25)28)8-5-15-34-27-12-11-23(32(38)33-2)19-29(27)39-3/h4,6-7,11-12,19,21-22,24,34-35,37H,9-10,13-18,20H2,1-3H3,(H,33,38). The highest BCUT2D eigenvalue weighted by atomic mass is 32.1. The number of aliphatic hydroxyl groups excluding tert-OH is 1. The van der Waals surface area contributed by atoms with Crippen molar-refractivity contribution in [3.05, 3.63) is 52.4 Å². The van der Waals surface area contributed by atoms with E-state index in [0.29, 0.717) is 23.9 Å². The fraction of sp³-hybridized carbons (Fsp3) is 0.469. The summed E-state index contributed by atoms with van der Waals surface area (Å²) in [4.78, 5) is 15.5. The van der Waals surface area contributed by atoms with Crippen LogP contribution in [0.3, 0.4) is 0 Å². The topological polar surface area (TPSA) is 85.9 Å². The summed E-state index contributed by atoms with van der Waals surface area (Å²) >= 11 is 1.80. The molecule has 2 aromatic carbocycles. The van der Waals surface area contributed by atoms with E-state index >= 15 is 0 Å². The van der Waals surface area contributed by atoms with Crippen molar-refractivity contribution in [1.82, 2.24) is 10.2 Å². The third-order valence-corrected chi connectivity index (χ3v) is 8.93. The van der Waals surface area contributed by atoms with Gasteiger partial charge in [-0.3, -0.25) is 4.79 Å². The molecule has 7 nitrogen and oxygen atoms in total. The molecule has 2 heterocycles. The van der Waals surface area contributed by atoms with E-state index in [2.05, 4.69) is 50.9 Å². The Kier molecular flexibility index (Phi) is 9.15. The van der Waals surface area contributed by atoms with Crippen molar-refractivity contribution in [1.29, 1.82) is 0 Å². The van der Waals surface area contributed by atoms with E-state index in [1.54, 1.807) is 37.6 Å². The number of nitrogens with one attached hydrogen (secondary N) is 3. The fourth-order valence-electron chi connectivity index (χ4n) is 5.44. The fourth-order valence-corrected chi connectivity index (χ4v) is 6.62. The number of benzene rings is 2. The molecule has 2 fully saturated rings. The van der Waals surface area contributed by atoms with Gasteiger partial charge in [0.15, 0.2) is 0 Å². The predicted octanol–water partition coefficient (Wildman–Crippen LogP) is 4.94. The molecule has 0 bridgehead atoms. The van der Waals surface area contributed by atoms with Crippen LogP contribution < -0.4 is 20.7 Å². The van der Waals surface area contributed by atoms with Gasteiger partial charge in [-0.1, -0.05) is 24.0 Å². The van der Waals surface area contributed by atoms with E-state index in [9.17, 15) is 9.90 Å². The number of thiophene rings is 1. The first-order valence-corrected chi connectivity index (χ1v) is 15.1. The molecule has 1 amide bonds. The number of methoxy groups -OCH3 is 1. The molecular formula is C32H40N4O3S. The van der Waals surface area contributed by atoms with Gasteiger partial charge in [-0.05, 0) is 80.2 Å². The van der Waals surface area contributed by atoms with Gasteiger partial charge in [0.05, 0.1) is 40.7 Å². The Bertz CT molecular complexity index is 1390. The van der Waals surface area contributed by atoms with E-state index in [1.165, 1.54) is 34.2 Å². The Balaban J connectivity index is 1.31. The number of fused-ring (bicyclic) bond motifs is 1. The van der Waals surface area contributed by atoms with Crippen LogP contribution in [0, 0.1) is 17.8 Å². The van der Waals surface area contributed by atoms with E-state index < -0.39 is 0 Å². The Morgan fingerprint density at radius 2 is 1.98 bits per heavy atom. The molecule has 1 aliphatic heterocycles. The molecule has 1 saturated heterocycles. The van der Waals surface area contributed by atoms with Gasteiger partial charge in [0, 0.05) is 38.3 Å². The molecule has 2 aliphatic rings. The lowest BCUT2D eigenvalue weighted by Crippen LogP contribution is -2.41. The van der Waals surface area contributed by atoms with Gasteiger partial charge >= 0.3 is 0 Å². The zero-order valence-corrected chi connectivity index (χ0v) is 24.5. The average Bonchev–Trinajstić information content (AvgIpc) is 3.72. The number of amides is 1. The number of β-amino-alcohol motifs (C(OH)–C–C–N with tert-alkyl or cyclic N) is 1. The van der Waals surface area contributed by atoms with Crippen LogP contribution >= 0.6 is 11.3 Å². The van der Waals surface area contributed by atoms with Crippen LogP contribution in [-0.2, 0) is 6.42 Å². The molecule has 1 saturated carbocycles. The number of likely N-dealkylation sites (tertiary alicyclic amines) is 1. The lowest BCUT2D eigenvalue weighted by molar-refractivity contribution is 0.0962. The van der Waals surface area contributed by atoms with Gasteiger partial charge in [0.25, 0.3) is 5.91 Å². The molecule has 212 valence electrons. The predicted molar refractivity (Wildman–Crippen MR) is 165 cm³/mol. The number of ether oxygens (including phenoxy) is 1. The Morgan fingerprint density at radius 3 is 2.67 bits per heavy atom. The SMILES string of the molecule is CNC(=O)c1ccc(NCC#Cc2sc3c(NC4CCN(CC(C)O)CC4)cccc3c2CC2CC2)c(OC)c1. The summed E-state index contributed by atoms with van der Waals surface area (Å²) < 4.78 is 6.79. The summed E-state index contributed by atoms with van der Waals surface area (Å²) in [5.74, 6) is 8.06. The summed E-state index contributed by atoms with van der Waals surface area (Å²) in [6, 6.07) is 12.4. The van der Waals surface area contributed by atoms with Crippen LogP contribution in [0.1, 0.15) is 53.4 Å². The summed E-state index contributed by atoms with van der Waals surface area (Å²) in [7, 11) is 3.22.